The van der Waals surface area contributed by atoms with Gasteiger partial charge in [0, 0.05) is 19.8 Å². The van der Waals surface area contributed by atoms with Crippen LogP contribution in [-0.2, 0) is 14.3 Å². The largest absolute Gasteiger partial charge is 0.383 e. The van der Waals surface area contributed by atoms with Crippen LogP contribution < -0.4 is 11.1 Å². The fourth-order valence-corrected chi connectivity index (χ4v) is 2.26. The highest BCUT2D eigenvalue weighted by atomic mass is 35.5. The quantitative estimate of drug-likeness (QED) is 0.769. The van der Waals surface area contributed by atoms with E-state index >= 15 is 0 Å². The minimum absolute atomic E-state index is 0. The summed E-state index contributed by atoms with van der Waals surface area (Å²) in [5.41, 5.74) is 5.69. The summed E-state index contributed by atoms with van der Waals surface area (Å²) < 4.78 is 10.6. The fourth-order valence-electron chi connectivity index (χ4n) is 2.26. The molecule has 6 heteroatoms. The van der Waals surface area contributed by atoms with Crippen molar-refractivity contribution in [3.63, 3.8) is 0 Å². The van der Waals surface area contributed by atoms with E-state index in [1.54, 1.807) is 7.11 Å². The summed E-state index contributed by atoms with van der Waals surface area (Å²) in [5, 5.41) is 2.98. The number of carbonyl (C=O) groups excluding carboxylic acids is 1. The maximum Gasteiger partial charge on any atom is 0.239 e. The van der Waals surface area contributed by atoms with Crippen LogP contribution in [0.1, 0.15) is 33.1 Å². The van der Waals surface area contributed by atoms with Crippen LogP contribution in [0.4, 0.5) is 0 Å². The lowest BCUT2D eigenvalue weighted by Gasteiger charge is -2.31. The van der Waals surface area contributed by atoms with Gasteiger partial charge in [-0.3, -0.25) is 4.79 Å². The molecule has 1 fully saturated rings. The average molecular weight is 295 g/mol. The van der Waals surface area contributed by atoms with Crippen molar-refractivity contribution in [3.05, 3.63) is 0 Å². The molecule has 1 rings (SSSR count). The molecule has 0 radical (unpaired) electrons. The van der Waals surface area contributed by atoms with Gasteiger partial charge in [0.1, 0.15) is 6.04 Å². The third-order valence-electron chi connectivity index (χ3n) is 3.13. The molecule has 19 heavy (non-hydrogen) atoms. The molecule has 1 aliphatic heterocycles. The molecule has 5 nitrogen and oxygen atoms in total. The SMILES string of the molecule is COCC(N)C(=O)NC1CCOC(CC(C)C)C1.Cl. The zero-order valence-electron chi connectivity index (χ0n) is 12.1. The van der Waals surface area contributed by atoms with Gasteiger partial charge >= 0.3 is 0 Å². The molecule has 0 aromatic carbocycles. The normalized spacial score (nSPS) is 24.7. The predicted octanol–water partition coefficient (Wildman–Crippen LogP) is 1.09. The molecule has 1 heterocycles. The van der Waals surface area contributed by atoms with Crippen molar-refractivity contribution in [1.82, 2.24) is 5.32 Å². The Kier molecular flexibility index (Phi) is 9.35. The zero-order chi connectivity index (χ0) is 13.5. The second-order valence-electron chi connectivity index (χ2n) is 5.41. The van der Waals surface area contributed by atoms with E-state index in [0.717, 1.165) is 19.3 Å². The summed E-state index contributed by atoms with van der Waals surface area (Å²) >= 11 is 0. The van der Waals surface area contributed by atoms with E-state index < -0.39 is 6.04 Å². The van der Waals surface area contributed by atoms with Crippen LogP contribution in [0.15, 0.2) is 0 Å². The smallest absolute Gasteiger partial charge is 0.239 e. The highest BCUT2D eigenvalue weighted by molar-refractivity contribution is 5.85. The van der Waals surface area contributed by atoms with Gasteiger partial charge in [0.25, 0.3) is 0 Å². The summed E-state index contributed by atoms with van der Waals surface area (Å²) in [4.78, 5) is 11.8. The number of halogens is 1. The van der Waals surface area contributed by atoms with Gasteiger partial charge in [-0.25, -0.2) is 0 Å². The first-order valence-corrected chi connectivity index (χ1v) is 6.69. The Morgan fingerprint density at radius 1 is 1.53 bits per heavy atom. The van der Waals surface area contributed by atoms with Crippen molar-refractivity contribution in [2.45, 2.75) is 51.3 Å². The molecule has 0 aliphatic carbocycles. The molecule has 0 aromatic rings. The van der Waals surface area contributed by atoms with Crippen molar-refractivity contribution in [3.8, 4) is 0 Å². The van der Waals surface area contributed by atoms with Gasteiger partial charge in [0.05, 0.1) is 12.7 Å². The monoisotopic (exact) mass is 294 g/mol. The van der Waals surface area contributed by atoms with E-state index in [-0.39, 0.29) is 37.1 Å². The Morgan fingerprint density at radius 3 is 2.79 bits per heavy atom. The van der Waals surface area contributed by atoms with E-state index in [9.17, 15) is 4.79 Å². The number of hydrogen-bond donors (Lipinski definition) is 2. The molecule has 114 valence electrons. The van der Waals surface area contributed by atoms with Crippen LogP contribution in [0.25, 0.3) is 0 Å². The summed E-state index contributed by atoms with van der Waals surface area (Å²) in [6.45, 7) is 5.33. The Balaban J connectivity index is 0.00000324. The van der Waals surface area contributed by atoms with Crippen molar-refractivity contribution in [2.75, 3.05) is 20.3 Å². The molecule has 1 amide bonds. The summed E-state index contributed by atoms with van der Waals surface area (Å²) in [7, 11) is 1.54. The molecule has 0 spiro atoms. The van der Waals surface area contributed by atoms with Gasteiger partial charge < -0.3 is 20.5 Å². The van der Waals surface area contributed by atoms with Gasteiger partial charge in [-0.1, -0.05) is 13.8 Å². The highest BCUT2D eigenvalue weighted by Gasteiger charge is 2.25. The number of carbonyl (C=O) groups is 1. The van der Waals surface area contributed by atoms with Gasteiger partial charge in [-0.05, 0) is 25.2 Å². The predicted molar refractivity (Wildman–Crippen MR) is 77.5 cm³/mol. The Morgan fingerprint density at radius 2 is 2.21 bits per heavy atom. The number of methoxy groups -OCH3 is 1. The van der Waals surface area contributed by atoms with Crippen LogP contribution in [0, 0.1) is 5.92 Å². The molecule has 3 N–H and O–H groups in total. The van der Waals surface area contributed by atoms with E-state index in [1.165, 1.54) is 0 Å². The van der Waals surface area contributed by atoms with Crippen molar-refractivity contribution < 1.29 is 14.3 Å². The molecule has 0 bridgehead atoms. The second kappa shape index (κ2) is 9.53. The molecule has 1 saturated heterocycles. The molecule has 0 saturated carbocycles. The standard InChI is InChI=1S/C13H26N2O3.ClH/c1-9(2)6-11-7-10(4-5-18-11)15-13(16)12(14)8-17-3;/h9-12H,4-8,14H2,1-3H3,(H,15,16);1H. The summed E-state index contributed by atoms with van der Waals surface area (Å²) in [6.07, 6.45) is 3.03. The van der Waals surface area contributed by atoms with Crippen LogP contribution in [0.3, 0.4) is 0 Å². The van der Waals surface area contributed by atoms with Crippen LogP contribution >= 0.6 is 12.4 Å². The number of rotatable bonds is 6. The van der Waals surface area contributed by atoms with E-state index in [4.69, 9.17) is 15.2 Å². The number of hydrogen-bond acceptors (Lipinski definition) is 4. The van der Waals surface area contributed by atoms with Gasteiger partial charge in [0.15, 0.2) is 0 Å². The van der Waals surface area contributed by atoms with Crippen LogP contribution in [-0.4, -0.2) is 44.4 Å². The molecular weight excluding hydrogens is 268 g/mol. The Bertz CT molecular complexity index is 264. The van der Waals surface area contributed by atoms with E-state index in [1.807, 2.05) is 0 Å². The fraction of sp³-hybridized carbons (Fsp3) is 0.923. The van der Waals surface area contributed by atoms with Gasteiger partial charge in [-0.15, -0.1) is 12.4 Å². The number of ether oxygens (including phenoxy) is 2. The topological polar surface area (TPSA) is 73.6 Å². The summed E-state index contributed by atoms with van der Waals surface area (Å²) in [6, 6.07) is -0.403. The van der Waals surface area contributed by atoms with Crippen molar-refractivity contribution in [2.24, 2.45) is 11.7 Å². The molecule has 0 aromatic heterocycles. The third-order valence-corrected chi connectivity index (χ3v) is 3.13. The highest BCUT2D eigenvalue weighted by Crippen LogP contribution is 2.20. The minimum atomic E-state index is -0.582. The maximum atomic E-state index is 11.8. The first-order valence-electron chi connectivity index (χ1n) is 6.69. The third kappa shape index (κ3) is 7.11. The number of amides is 1. The minimum Gasteiger partial charge on any atom is -0.383 e. The Labute approximate surface area is 122 Å². The first-order chi connectivity index (χ1) is 8.52. The van der Waals surface area contributed by atoms with Gasteiger partial charge in [-0.2, -0.15) is 0 Å². The summed E-state index contributed by atoms with van der Waals surface area (Å²) in [5.74, 6) is 0.479. The lowest BCUT2D eigenvalue weighted by Crippen LogP contribution is -2.50. The lowest BCUT2D eigenvalue weighted by molar-refractivity contribution is -0.125. The number of nitrogens with one attached hydrogen (secondary N) is 1. The average Bonchev–Trinajstić information content (AvgIpc) is 2.28. The van der Waals surface area contributed by atoms with Crippen molar-refractivity contribution >= 4 is 18.3 Å². The van der Waals surface area contributed by atoms with E-state index in [0.29, 0.717) is 12.5 Å². The molecular formula is C13H27ClN2O3. The lowest BCUT2D eigenvalue weighted by atomic mass is 9.96. The molecule has 1 aliphatic rings. The molecule has 3 atom stereocenters. The maximum absolute atomic E-state index is 11.8. The Hall–Kier alpha value is -0.360. The van der Waals surface area contributed by atoms with Gasteiger partial charge in [0.2, 0.25) is 5.91 Å². The first kappa shape index (κ1) is 18.6. The van der Waals surface area contributed by atoms with E-state index in [2.05, 4.69) is 19.2 Å². The molecule has 3 unspecified atom stereocenters. The second-order valence-corrected chi connectivity index (χ2v) is 5.41. The number of nitrogens with two attached hydrogens (primary N) is 1. The zero-order valence-corrected chi connectivity index (χ0v) is 12.9. The van der Waals surface area contributed by atoms with Crippen LogP contribution in [0.5, 0.6) is 0 Å². The van der Waals surface area contributed by atoms with Crippen LogP contribution in [0.2, 0.25) is 0 Å². The van der Waals surface area contributed by atoms with Crippen molar-refractivity contribution in [1.29, 1.82) is 0 Å².